The molecule has 1 N–H and O–H groups in total. The van der Waals surface area contributed by atoms with Crippen LogP contribution in [0.1, 0.15) is 31.2 Å². The number of hydrogen-bond acceptors (Lipinski definition) is 3. The number of carbonyl (C=O) groups excluding carboxylic acids is 1. The molecule has 0 radical (unpaired) electrons. The molecule has 1 amide bonds. The fourth-order valence-corrected chi connectivity index (χ4v) is 6.36. The monoisotopic (exact) mass is 432 g/mol. The Morgan fingerprint density at radius 1 is 1.10 bits per heavy atom. The van der Waals surface area contributed by atoms with Crippen molar-refractivity contribution in [3.8, 4) is 0 Å². The molecule has 29 heavy (non-hydrogen) atoms. The van der Waals surface area contributed by atoms with Gasteiger partial charge in [0.15, 0.2) is 0 Å². The van der Waals surface area contributed by atoms with E-state index in [1.165, 1.54) is 29.3 Å². The third-order valence-electron chi connectivity index (χ3n) is 6.21. The van der Waals surface area contributed by atoms with Crippen molar-refractivity contribution in [2.75, 3.05) is 10.8 Å². The molecule has 2 aromatic rings. The van der Waals surface area contributed by atoms with Gasteiger partial charge in [-0.2, -0.15) is 0 Å². The van der Waals surface area contributed by atoms with E-state index in [1.807, 2.05) is 0 Å². The molecule has 2 aliphatic carbocycles. The fraction of sp³-hybridized carbons (Fsp3) is 0.409. The van der Waals surface area contributed by atoms with Crippen molar-refractivity contribution in [1.29, 1.82) is 0 Å². The van der Waals surface area contributed by atoms with E-state index >= 15 is 0 Å². The first-order valence-electron chi connectivity index (χ1n) is 9.98. The van der Waals surface area contributed by atoms with Crippen LogP contribution in [-0.2, 0) is 14.8 Å². The maximum Gasteiger partial charge on any atom is 0.264 e. The number of nitrogens with one attached hydrogen (secondary N) is 1. The summed E-state index contributed by atoms with van der Waals surface area (Å²) in [7, 11) is -3.92. The zero-order chi connectivity index (χ0) is 20.6. The van der Waals surface area contributed by atoms with Gasteiger partial charge in [-0.25, -0.2) is 8.42 Å². The number of nitrogens with zero attached hydrogens (tertiary/aromatic N) is 1. The van der Waals surface area contributed by atoms with Gasteiger partial charge in [-0.3, -0.25) is 9.10 Å². The number of amides is 1. The number of halogens is 1. The number of rotatable bonds is 6. The second-order valence-corrected chi connectivity index (χ2v) is 10.3. The zero-order valence-corrected chi connectivity index (χ0v) is 17.9. The predicted molar refractivity (Wildman–Crippen MR) is 115 cm³/mol. The predicted octanol–water partition coefficient (Wildman–Crippen LogP) is 4.15. The third kappa shape index (κ3) is 4.01. The van der Waals surface area contributed by atoms with Crippen molar-refractivity contribution < 1.29 is 13.2 Å². The Labute approximate surface area is 177 Å². The number of fused-ring (bicyclic) bond motifs is 2. The molecule has 2 aromatic carbocycles. The molecule has 2 aliphatic rings. The van der Waals surface area contributed by atoms with E-state index in [2.05, 4.69) is 5.32 Å². The maximum atomic E-state index is 13.4. The summed E-state index contributed by atoms with van der Waals surface area (Å²) in [6, 6.07) is 13.4. The molecule has 2 fully saturated rings. The van der Waals surface area contributed by atoms with Gasteiger partial charge < -0.3 is 5.32 Å². The van der Waals surface area contributed by atoms with Gasteiger partial charge in [-0.15, -0.1) is 0 Å². The molecule has 0 aliphatic heterocycles. The van der Waals surface area contributed by atoms with Crippen LogP contribution in [0, 0.1) is 18.8 Å². The van der Waals surface area contributed by atoms with Gasteiger partial charge in [0.25, 0.3) is 10.0 Å². The van der Waals surface area contributed by atoms with Gasteiger partial charge in [0.2, 0.25) is 5.91 Å². The number of anilines is 1. The first-order chi connectivity index (χ1) is 13.9. The van der Waals surface area contributed by atoms with Crippen LogP contribution in [0.2, 0.25) is 5.02 Å². The van der Waals surface area contributed by atoms with Crippen LogP contribution >= 0.6 is 11.6 Å². The average molecular weight is 433 g/mol. The number of hydrogen-bond donors (Lipinski definition) is 1. The van der Waals surface area contributed by atoms with E-state index in [1.54, 1.807) is 43.3 Å². The summed E-state index contributed by atoms with van der Waals surface area (Å²) in [4.78, 5) is 13.0. The topological polar surface area (TPSA) is 66.5 Å². The average Bonchev–Trinajstić information content (AvgIpc) is 3.32. The molecule has 154 valence electrons. The summed E-state index contributed by atoms with van der Waals surface area (Å²) in [5.74, 6) is 0.946. The maximum absolute atomic E-state index is 13.4. The summed E-state index contributed by atoms with van der Waals surface area (Å²) in [6.45, 7) is 1.49. The number of carbonyl (C=O) groups is 1. The molecule has 2 saturated carbocycles. The van der Waals surface area contributed by atoms with Crippen molar-refractivity contribution in [2.24, 2.45) is 11.8 Å². The molecule has 4 rings (SSSR count). The molecule has 3 atom stereocenters. The van der Waals surface area contributed by atoms with Crippen molar-refractivity contribution in [3.63, 3.8) is 0 Å². The molecule has 5 nitrogen and oxygen atoms in total. The van der Waals surface area contributed by atoms with Crippen LogP contribution in [0.5, 0.6) is 0 Å². The van der Waals surface area contributed by atoms with E-state index in [9.17, 15) is 13.2 Å². The Bertz CT molecular complexity index is 1010. The highest BCUT2D eigenvalue weighted by Gasteiger charge is 2.40. The quantitative estimate of drug-likeness (QED) is 0.745. The molecule has 0 heterocycles. The van der Waals surface area contributed by atoms with Crippen molar-refractivity contribution in [1.82, 2.24) is 5.32 Å². The summed E-state index contributed by atoms with van der Waals surface area (Å²) in [5, 5.41) is 3.55. The third-order valence-corrected chi connectivity index (χ3v) is 8.39. The molecular weight excluding hydrogens is 408 g/mol. The van der Waals surface area contributed by atoms with E-state index in [0.717, 1.165) is 12.8 Å². The Morgan fingerprint density at radius 2 is 1.86 bits per heavy atom. The van der Waals surface area contributed by atoms with E-state index < -0.39 is 10.0 Å². The summed E-state index contributed by atoms with van der Waals surface area (Å²) in [5.41, 5.74) is 1.05. The van der Waals surface area contributed by atoms with Crippen LogP contribution in [0.4, 0.5) is 5.69 Å². The zero-order valence-electron chi connectivity index (χ0n) is 16.3. The molecule has 0 aromatic heterocycles. The van der Waals surface area contributed by atoms with Gasteiger partial charge in [-0.1, -0.05) is 42.3 Å². The fourth-order valence-electron chi connectivity index (χ4n) is 4.69. The molecule has 7 heteroatoms. The summed E-state index contributed by atoms with van der Waals surface area (Å²) >= 11 is 6.25. The van der Waals surface area contributed by atoms with Gasteiger partial charge in [0.1, 0.15) is 6.54 Å². The summed E-state index contributed by atoms with van der Waals surface area (Å²) < 4.78 is 28.0. The minimum absolute atomic E-state index is 0.145. The highest BCUT2D eigenvalue weighted by Crippen LogP contribution is 2.44. The second-order valence-electron chi connectivity index (χ2n) is 8.06. The molecule has 0 saturated heterocycles. The van der Waals surface area contributed by atoms with Crippen LogP contribution in [-0.4, -0.2) is 26.9 Å². The highest BCUT2D eigenvalue weighted by atomic mass is 35.5. The van der Waals surface area contributed by atoms with E-state index in [0.29, 0.717) is 28.1 Å². The minimum Gasteiger partial charge on any atom is -0.352 e. The first kappa shape index (κ1) is 20.2. The largest absolute Gasteiger partial charge is 0.352 e. The molecule has 0 spiro atoms. The Hall–Kier alpha value is -2.05. The van der Waals surface area contributed by atoms with Crippen molar-refractivity contribution in [2.45, 2.75) is 43.5 Å². The molecule has 2 bridgehead atoms. The lowest BCUT2D eigenvalue weighted by Crippen LogP contribution is -2.46. The van der Waals surface area contributed by atoms with E-state index in [4.69, 9.17) is 11.6 Å². The van der Waals surface area contributed by atoms with Gasteiger partial charge in [0, 0.05) is 11.1 Å². The number of sulfonamides is 1. The van der Waals surface area contributed by atoms with Gasteiger partial charge in [-0.05, 0) is 67.9 Å². The van der Waals surface area contributed by atoms with Gasteiger partial charge in [0.05, 0.1) is 10.6 Å². The van der Waals surface area contributed by atoms with Crippen molar-refractivity contribution >= 4 is 33.2 Å². The minimum atomic E-state index is -3.92. The standard InChI is InChI=1S/C22H25ClN2O3S/c1-15-19(23)8-5-9-21(15)25(29(27,28)18-6-3-2-4-7-18)14-22(26)24-20-13-16-10-11-17(20)12-16/h2-9,16-17,20H,10-14H2,1H3,(H,24,26)/t16-,17-,20+/m0/s1. The van der Waals surface area contributed by atoms with Crippen LogP contribution in [0.15, 0.2) is 53.4 Å². The normalized spacial score (nSPS) is 23.2. The van der Waals surface area contributed by atoms with Crippen molar-refractivity contribution in [3.05, 3.63) is 59.1 Å². The number of benzene rings is 2. The smallest absolute Gasteiger partial charge is 0.264 e. The Balaban J connectivity index is 1.63. The first-order valence-corrected chi connectivity index (χ1v) is 11.8. The molecule has 0 unspecified atom stereocenters. The van der Waals surface area contributed by atoms with E-state index in [-0.39, 0.29) is 23.4 Å². The van der Waals surface area contributed by atoms with Crippen LogP contribution < -0.4 is 9.62 Å². The van der Waals surface area contributed by atoms with Crippen LogP contribution in [0.3, 0.4) is 0 Å². The lowest BCUT2D eigenvalue weighted by atomic mass is 9.95. The molecular formula is C22H25ClN2O3S. The Kier molecular flexibility index (Phi) is 5.58. The second kappa shape index (κ2) is 8.00. The SMILES string of the molecule is Cc1c(Cl)cccc1N(CC(=O)N[C@@H]1C[C@H]2CC[C@H]1C2)S(=O)(=O)c1ccccc1. The van der Waals surface area contributed by atoms with Gasteiger partial charge >= 0.3 is 0 Å². The lowest BCUT2D eigenvalue weighted by molar-refractivity contribution is -0.120. The highest BCUT2D eigenvalue weighted by molar-refractivity contribution is 7.92. The summed E-state index contributed by atoms with van der Waals surface area (Å²) in [6.07, 6.45) is 4.56. The van der Waals surface area contributed by atoms with Crippen LogP contribution in [0.25, 0.3) is 0 Å². The Morgan fingerprint density at radius 3 is 2.52 bits per heavy atom. The lowest BCUT2D eigenvalue weighted by Gasteiger charge is -2.28.